The molecule has 0 amide bonds. The van der Waals surface area contributed by atoms with Crippen molar-refractivity contribution in [3.63, 3.8) is 0 Å². The van der Waals surface area contributed by atoms with Crippen molar-refractivity contribution in [2.75, 3.05) is 5.32 Å². The van der Waals surface area contributed by atoms with Crippen molar-refractivity contribution < 1.29 is 13.2 Å². The lowest BCUT2D eigenvalue weighted by atomic mass is 10.1. The van der Waals surface area contributed by atoms with Gasteiger partial charge in [-0.25, -0.2) is 33.1 Å². The number of nitrogens with zero attached hydrogens (tertiary/aromatic N) is 4. The largest absolute Gasteiger partial charge is 0.365 e. The maximum atomic E-state index is 13.5. The number of fused-ring (bicyclic) bond motifs is 1. The Labute approximate surface area is 167 Å². The van der Waals surface area contributed by atoms with Crippen LogP contribution in [0.2, 0.25) is 0 Å². The van der Waals surface area contributed by atoms with Crippen molar-refractivity contribution >= 4 is 27.5 Å². The van der Waals surface area contributed by atoms with Gasteiger partial charge in [0.25, 0.3) is 0 Å². The number of anilines is 1. The average molecular weight is 413 g/mol. The number of thiazole rings is 1. The highest BCUT2D eigenvalue weighted by molar-refractivity contribution is 7.18. The molecule has 5 nitrogen and oxygen atoms in total. The van der Waals surface area contributed by atoms with Gasteiger partial charge in [-0.3, -0.25) is 0 Å². The summed E-state index contributed by atoms with van der Waals surface area (Å²) in [7, 11) is 0. The molecule has 1 aromatic carbocycles. The number of nitrogens with one attached hydrogen (secondary N) is 1. The third kappa shape index (κ3) is 3.42. The molecule has 0 radical (unpaired) electrons. The van der Waals surface area contributed by atoms with Crippen LogP contribution in [0.1, 0.15) is 22.9 Å². The Balaban J connectivity index is 1.48. The Morgan fingerprint density at radius 3 is 2.66 bits per heavy atom. The third-order valence-electron chi connectivity index (χ3n) is 4.81. The lowest BCUT2D eigenvalue weighted by molar-refractivity contribution is 0.507. The van der Waals surface area contributed by atoms with Crippen molar-refractivity contribution in [2.24, 2.45) is 0 Å². The summed E-state index contributed by atoms with van der Waals surface area (Å²) in [4.78, 5) is 18.3. The Kier molecular flexibility index (Phi) is 4.20. The topological polar surface area (TPSA) is 63.6 Å². The van der Waals surface area contributed by atoms with Gasteiger partial charge in [-0.2, -0.15) is 0 Å². The van der Waals surface area contributed by atoms with Gasteiger partial charge in [0.05, 0.1) is 11.2 Å². The van der Waals surface area contributed by atoms with E-state index in [0.29, 0.717) is 27.7 Å². The molecule has 0 saturated heterocycles. The molecular weight excluding hydrogens is 399 g/mol. The van der Waals surface area contributed by atoms with Gasteiger partial charge in [-0.1, -0.05) is 17.4 Å². The fourth-order valence-electron chi connectivity index (χ4n) is 3.29. The van der Waals surface area contributed by atoms with Crippen LogP contribution in [0.5, 0.6) is 0 Å². The molecule has 29 heavy (non-hydrogen) atoms. The van der Waals surface area contributed by atoms with Crippen LogP contribution in [0.15, 0.2) is 36.5 Å². The van der Waals surface area contributed by atoms with Gasteiger partial charge in [0, 0.05) is 12.0 Å². The van der Waals surface area contributed by atoms with Gasteiger partial charge >= 0.3 is 0 Å². The molecule has 9 heteroatoms. The second-order valence-electron chi connectivity index (χ2n) is 6.91. The van der Waals surface area contributed by atoms with Gasteiger partial charge in [-0.15, -0.1) is 0 Å². The zero-order valence-corrected chi connectivity index (χ0v) is 16.0. The van der Waals surface area contributed by atoms with E-state index in [1.165, 1.54) is 29.5 Å². The number of hydrogen-bond donors (Lipinski definition) is 1. The minimum Gasteiger partial charge on any atom is -0.365 e. The zero-order chi connectivity index (χ0) is 20.1. The van der Waals surface area contributed by atoms with E-state index in [2.05, 4.69) is 25.3 Å². The monoisotopic (exact) mass is 413 g/mol. The van der Waals surface area contributed by atoms with E-state index in [1.807, 2.05) is 6.92 Å². The smallest absolute Gasteiger partial charge is 0.181 e. The predicted octanol–water partition coefficient (Wildman–Crippen LogP) is 4.84. The SMILES string of the molecule is Cc1nc2c(N[C@@H]3C[C@H]3c3ccc(F)c(F)c3)nc(-c3ccc(F)cn3)nc2s1. The van der Waals surface area contributed by atoms with Crippen molar-refractivity contribution in [3.8, 4) is 11.5 Å². The Hall–Kier alpha value is -3.07. The second kappa shape index (κ2) is 6.77. The van der Waals surface area contributed by atoms with Crippen LogP contribution < -0.4 is 5.32 Å². The minimum absolute atomic E-state index is 0.0222. The molecular formula is C20H14F3N5S. The maximum Gasteiger partial charge on any atom is 0.181 e. The Morgan fingerprint density at radius 1 is 1.03 bits per heavy atom. The number of halogens is 3. The lowest BCUT2D eigenvalue weighted by Crippen LogP contribution is -2.08. The van der Waals surface area contributed by atoms with Crippen molar-refractivity contribution in [1.29, 1.82) is 0 Å². The number of hydrogen-bond acceptors (Lipinski definition) is 6. The molecule has 1 aliphatic carbocycles. The van der Waals surface area contributed by atoms with E-state index >= 15 is 0 Å². The first-order valence-corrected chi connectivity index (χ1v) is 9.78. The van der Waals surface area contributed by atoms with Crippen LogP contribution in [0.4, 0.5) is 19.0 Å². The van der Waals surface area contributed by atoms with Crippen LogP contribution in [0.3, 0.4) is 0 Å². The Morgan fingerprint density at radius 2 is 1.90 bits per heavy atom. The maximum absolute atomic E-state index is 13.5. The first-order valence-electron chi connectivity index (χ1n) is 8.96. The molecule has 5 rings (SSSR count). The van der Waals surface area contributed by atoms with Crippen molar-refractivity contribution in [2.45, 2.75) is 25.3 Å². The highest BCUT2D eigenvalue weighted by Gasteiger charge is 2.39. The number of pyridine rings is 1. The highest BCUT2D eigenvalue weighted by atomic mass is 32.1. The number of aromatic nitrogens is 4. The molecule has 3 heterocycles. The fraction of sp³-hybridized carbons (Fsp3) is 0.200. The van der Waals surface area contributed by atoms with Crippen LogP contribution in [0, 0.1) is 24.4 Å². The van der Waals surface area contributed by atoms with E-state index < -0.39 is 17.5 Å². The zero-order valence-electron chi connectivity index (χ0n) is 15.2. The molecule has 4 aromatic rings. The Bertz CT molecular complexity index is 1220. The van der Waals surface area contributed by atoms with E-state index in [1.54, 1.807) is 6.07 Å². The molecule has 146 valence electrons. The van der Waals surface area contributed by atoms with Gasteiger partial charge < -0.3 is 5.32 Å². The van der Waals surface area contributed by atoms with Crippen LogP contribution in [0.25, 0.3) is 21.9 Å². The predicted molar refractivity (Wildman–Crippen MR) is 104 cm³/mol. The normalized spacial score (nSPS) is 18.2. The van der Waals surface area contributed by atoms with Crippen LogP contribution in [-0.4, -0.2) is 26.0 Å². The van der Waals surface area contributed by atoms with Gasteiger partial charge in [0.1, 0.15) is 21.9 Å². The summed E-state index contributed by atoms with van der Waals surface area (Å²) in [5.74, 6) is -1.16. The van der Waals surface area contributed by atoms with Crippen molar-refractivity contribution in [1.82, 2.24) is 19.9 Å². The lowest BCUT2D eigenvalue weighted by Gasteiger charge is -2.08. The molecule has 1 N–H and O–H groups in total. The van der Waals surface area contributed by atoms with E-state index in [0.717, 1.165) is 29.3 Å². The molecule has 0 unspecified atom stereocenters. The summed E-state index contributed by atoms with van der Waals surface area (Å²) in [6.07, 6.45) is 1.89. The van der Waals surface area contributed by atoms with Gasteiger partial charge in [0.15, 0.2) is 23.3 Å². The molecule has 0 bridgehead atoms. The summed E-state index contributed by atoms with van der Waals surface area (Å²) in [5, 5.41) is 4.19. The average Bonchev–Trinajstić information content (AvgIpc) is 3.35. The van der Waals surface area contributed by atoms with E-state index in [9.17, 15) is 13.2 Å². The third-order valence-corrected chi connectivity index (χ3v) is 5.67. The highest BCUT2D eigenvalue weighted by Crippen LogP contribution is 2.44. The molecule has 0 spiro atoms. The number of benzene rings is 1. The molecule has 0 aliphatic heterocycles. The quantitative estimate of drug-likeness (QED) is 0.519. The molecule has 1 saturated carbocycles. The summed E-state index contributed by atoms with van der Waals surface area (Å²) >= 11 is 1.43. The molecule has 1 fully saturated rings. The van der Waals surface area contributed by atoms with Crippen molar-refractivity contribution in [3.05, 3.63) is 64.6 Å². The first kappa shape index (κ1) is 18.0. The fourth-order valence-corrected chi connectivity index (χ4v) is 4.08. The number of rotatable bonds is 4. The van der Waals surface area contributed by atoms with Gasteiger partial charge in [-0.05, 0) is 43.2 Å². The van der Waals surface area contributed by atoms with Gasteiger partial charge in [0.2, 0.25) is 0 Å². The van der Waals surface area contributed by atoms with Crippen LogP contribution in [-0.2, 0) is 0 Å². The summed E-state index contributed by atoms with van der Waals surface area (Å²) in [6.45, 7) is 1.88. The molecule has 3 aromatic heterocycles. The summed E-state index contributed by atoms with van der Waals surface area (Å²) in [5.41, 5.74) is 1.84. The second-order valence-corrected chi connectivity index (χ2v) is 8.09. The summed E-state index contributed by atoms with van der Waals surface area (Å²) < 4.78 is 39.9. The standard InChI is InChI=1S/C20H14F3N5S/c1-9-25-17-19(26-16-7-12(16)10-2-4-13(22)14(23)6-10)27-18(28-20(17)29-9)15-5-3-11(21)8-24-15/h2-6,8,12,16H,7H2,1H3,(H,26,27,28)/t12-,16+/m0/s1. The summed E-state index contributed by atoms with van der Waals surface area (Å²) in [6, 6.07) is 6.83. The molecule has 1 aliphatic rings. The molecule has 2 atom stereocenters. The van der Waals surface area contributed by atoms with Crippen LogP contribution >= 0.6 is 11.3 Å². The van der Waals surface area contributed by atoms with E-state index in [4.69, 9.17) is 0 Å². The number of aryl methyl sites for hydroxylation is 1. The van der Waals surface area contributed by atoms with E-state index in [-0.39, 0.29) is 12.0 Å². The first-order chi connectivity index (χ1) is 14.0. The minimum atomic E-state index is -0.856.